The molecule has 3 N–H and O–H groups in total. The Hall–Kier alpha value is -3.68. The molecule has 2 aromatic carbocycles. The van der Waals surface area contributed by atoms with Crippen LogP contribution in [0.2, 0.25) is 0 Å². The summed E-state index contributed by atoms with van der Waals surface area (Å²) < 4.78 is 15.8. The summed E-state index contributed by atoms with van der Waals surface area (Å²) in [6.45, 7) is -0.00213. The summed E-state index contributed by atoms with van der Waals surface area (Å²) in [5.41, 5.74) is 1.70. The molecule has 8 nitrogen and oxygen atoms in total. The van der Waals surface area contributed by atoms with Gasteiger partial charge >= 0.3 is 0 Å². The molecule has 1 aliphatic rings. The molecular formula is C19H17N3O5. The summed E-state index contributed by atoms with van der Waals surface area (Å²) >= 11 is 0. The summed E-state index contributed by atoms with van der Waals surface area (Å²) in [6.07, 6.45) is 0. The van der Waals surface area contributed by atoms with Crippen molar-refractivity contribution in [2.75, 3.05) is 25.8 Å². The maximum atomic E-state index is 12.3. The number of carbonyl (C=O) groups is 2. The van der Waals surface area contributed by atoms with Crippen molar-refractivity contribution in [1.29, 1.82) is 0 Å². The van der Waals surface area contributed by atoms with E-state index in [1.807, 2.05) is 18.2 Å². The lowest BCUT2D eigenvalue weighted by Crippen LogP contribution is -2.33. The van der Waals surface area contributed by atoms with Crippen LogP contribution in [0.25, 0.3) is 10.9 Å². The summed E-state index contributed by atoms with van der Waals surface area (Å²) in [5, 5.41) is 6.10. The summed E-state index contributed by atoms with van der Waals surface area (Å²) in [5.74, 6) is 1.15. The van der Waals surface area contributed by atoms with Gasteiger partial charge in [0.2, 0.25) is 12.7 Å². The molecule has 0 bridgehead atoms. The molecule has 0 unspecified atom stereocenters. The van der Waals surface area contributed by atoms with Gasteiger partial charge in [0.25, 0.3) is 5.91 Å². The molecule has 4 rings (SSSR count). The maximum Gasteiger partial charge on any atom is 0.268 e. The monoisotopic (exact) mass is 367 g/mol. The number of fused-ring (bicyclic) bond motifs is 2. The van der Waals surface area contributed by atoms with Crippen LogP contribution in [0.1, 0.15) is 10.5 Å². The number of aromatic nitrogens is 1. The van der Waals surface area contributed by atoms with Crippen molar-refractivity contribution in [2.45, 2.75) is 0 Å². The number of benzene rings is 2. The Morgan fingerprint density at radius 1 is 1.15 bits per heavy atom. The maximum absolute atomic E-state index is 12.3. The smallest absolute Gasteiger partial charge is 0.268 e. The number of nitrogens with one attached hydrogen (secondary N) is 3. The van der Waals surface area contributed by atoms with Crippen molar-refractivity contribution in [3.8, 4) is 17.2 Å². The number of anilines is 1. The van der Waals surface area contributed by atoms with Gasteiger partial charge in [-0.2, -0.15) is 0 Å². The molecule has 3 aromatic rings. The first-order valence-corrected chi connectivity index (χ1v) is 8.27. The topological polar surface area (TPSA) is 102 Å². The fraction of sp³-hybridized carbons (Fsp3) is 0.158. The van der Waals surface area contributed by atoms with E-state index in [2.05, 4.69) is 15.6 Å². The van der Waals surface area contributed by atoms with Crippen LogP contribution < -0.4 is 24.8 Å². The van der Waals surface area contributed by atoms with Crippen LogP contribution >= 0.6 is 0 Å². The normalized spacial score (nSPS) is 12.0. The van der Waals surface area contributed by atoms with E-state index in [9.17, 15) is 9.59 Å². The minimum atomic E-state index is -0.380. The first-order valence-electron chi connectivity index (χ1n) is 8.27. The molecule has 0 atom stereocenters. The Labute approximate surface area is 154 Å². The average molecular weight is 367 g/mol. The second-order valence-corrected chi connectivity index (χ2v) is 5.90. The predicted octanol–water partition coefficient (Wildman–Crippen LogP) is 2.27. The molecule has 0 spiro atoms. The third kappa shape index (κ3) is 3.37. The molecule has 2 amide bonds. The molecule has 138 valence electrons. The second-order valence-electron chi connectivity index (χ2n) is 5.90. The quantitative estimate of drug-likeness (QED) is 0.642. The number of ether oxygens (including phenoxy) is 3. The van der Waals surface area contributed by atoms with Gasteiger partial charge in [-0.25, -0.2) is 0 Å². The van der Waals surface area contributed by atoms with Crippen LogP contribution in [0.15, 0.2) is 42.5 Å². The van der Waals surface area contributed by atoms with Gasteiger partial charge in [0.05, 0.1) is 13.7 Å². The minimum absolute atomic E-state index is 0.165. The van der Waals surface area contributed by atoms with Gasteiger partial charge in [-0.05, 0) is 30.3 Å². The SMILES string of the molecule is COc1cccc2[nH]c(C(=O)NCC(=O)Nc3ccc4c(c3)OCO4)cc12. The van der Waals surface area contributed by atoms with Gasteiger partial charge in [0, 0.05) is 22.7 Å². The van der Waals surface area contributed by atoms with Crippen molar-refractivity contribution in [2.24, 2.45) is 0 Å². The van der Waals surface area contributed by atoms with E-state index in [1.54, 1.807) is 31.4 Å². The molecule has 0 radical (unpaired) electrons. The highest BCUT2D eigenvalue weighted by Gasteiger charge is 2.15. The van der Waals surface area contributed by atoms with Crippen LogP contribution in [0, 0.1) is 0 Å². The Morgan fingerprint density at radius 3 is 2.85 bits per heavy atom. The van der Waals surface area contributed by atoms with E-state index >= 15 is 0 Å². The first-order chi connectivity index (χ1) is 13.1. The predicted molar refractivity (Wildman–Crippen MR) is 98.4 cm³/mol. The number of H-pyrrole nitrogens is 1. The van der Waals surface area contributed by atoms with Crippen LogP contribution in [0.3, 0.4) is 0 Å². The van der Waals surface area contributed by atoms with Crippen molar-refractivity contribution in [3.05, 3.63) is 48.2 Å². The molecule has 8 heteroatoms. The lowest BCUT2D eigenvalue weighted by molar-refractivity contribution is -0.115. The lowest BCUT2D eigenvalue weighted by Gasteiger charge is -2.07. The van der Waals surface area contributed by atoms with Crippen LogP contribution in [0.5, 0.6) is 17.2 Å². The van der Waals surface area contributed by atoms with Gasteiger partial charge in [-0.15, -0.1) is 0 Å². The van der Waals surface area contributed by atoms with E-state index in [-0.39, 0.29) is 25.2 Å². The lowest BCUT2D eigenvalue weighted by atomic mass is 10.2. The second kappa shape index (κ2) is 6.91. The van der Waals surface area contributed by atoms with Crippen LogP contribution in [-0.2, 0) is 4.79 Å². The molecule has 0 fully saturated rings. The third-order valence-electron chi connectivity index (χ3n) is 4.15. The number of carbonyl (C=O) groups excluding carboxylic acids is 2. The van der Waals surface area contributed by atoms with Crippen molar-refractivity contribution >= 4 is 28.4 Å². The molecule has 0 saturated heterocycles. The highest BCUT2D eigenvalue weighted by atomic mass is 16.7. The zero-order valence-electron chi connectivity index (χ0n) is 14.5. The molecule has 0 saturated carbocycles. The fourth-order valence-electron chi connectivity index (χ4n) is 2.86. The Balaban J connectivity index is 1.38. The number of rotatable bonds is 5. The summed E-state index contributed by atoms with van der Waals surface area (Å²) in [7, 11) is 1.57. The Kier molecular flexibility index (Phi) is 4.29. The van der Waals surface area contributed by atoms with E-state index in [0.29, 0.717) is 28.6 Å². The number of hydrogen-bond donors (Lipinski definition) is 3. The highest BCUT2D eigenvalue weighted by Crippen LogP contribution is 2.34. The summed E-state index contributed by atoms with van der Waals surface area (Å²) in [4.78, 5) is 27.4. The zero-order chi connectivity index (χ0) is 18.8. The van der Waals surface area contributed by atoms with E-state index in [1.165, 1.54) is 0 Å². The van der Waals surface area contributed by atoms with Gasteiger partial charge in [-0.3, -0.25) is 9.59 Å². The Bertz CT molecular complexity index is 1030. The summed E-state index contributed by atoms with van der Waals surface area (Å²) in [6, 6.07) is 12.3. The van der Waals surface area contributed by atoms with Crippen molar-refractivity contribution in [1.82, 2.24) is 10.3 Å². The van der Waals surface area contributed by atoms with Gasteiger partial charge < -0.3 is 29.8 Å². The molecule has 27 heavy (non-hydrogen) atoms. The minimum Gasteiger partial charge on any atom is -0.496 e. The fourth-order valence-corrected chi connectivity index (χ4v) is 2.86. The number of amides is 2. The van der Waals surface area contributed by atoms with Crippen LogP contribution in [0.4, 0.5) is 5.69 Å². The number of hydrogen-bond acceptors (Lipinski definition) is 5. The standard InChI is InChI=1S/C19H17N3O5/c1-25-15-4-2-3-13-12(15)8-14(22-13)19(24)20-9-18(23)21-11-5-6-16-17(7-11)27-10-26-16/h2-8,22H,9-10H2,1H3,(H,20,24)(H,21,23). The Morgan fingerprint density at radius 2 is 2.00 bits per heavy atom. The molecular weight excluding hydrogens is 350 g/mol. The largest absolute Gasteiger partial charge is 0.496 e. The van der Waals surface area contributed by atoms with Gasteiger partial charge in [0.1, 0.15) is 11.4 Å². The first kappa shape index (κ1) is 16.8. The van der Waals surface area contributed by atoms with E-state index in [0.717, 1.165) is 10.9 Å². The zero-order valence-corrected chi connectivity index (χ0v) is 14.5. The van der Waals surface area contributed by atoms with E-state index in [4.69, 9.17) is 14.2 Å². The van der Waals surface area contributed by atoms with Crippen molar-refractivity contribution in [3.63, 3.8) is 0 Å². The average Bonchev–Trinajstić information content (AvgIpc) is 3.32. The molecule has 1 aliphatic heterocycles. The number of methoxy groups -OCH3 is 1. The van der Waals surface area contributed by atoms with Gasteiger partial charge in [0.15, 0.2) is 11.5 Å². The van der Waals surface area contributed by atoms with E-state index < -0.39 is 0 Å². The highest BCUT2D eigenvalue weighted by molar-refractivity contribution is 6.02. The van der Waals surface area contributed by atoms with Gasteiger partial charge in [-0.1, -0.05) is 6.07 Å². The number of aromatic amines is 1. The molecule has 2 heterocycles. The third-order valence-corrected chi connectivity index (χ3v) is 4.15. The molecule has 1 aromatic heterocycles. The molecule has 0 aliphatic carbocycles. The van der Waals surface area contributed by atoms with Crippen molar-refractivity contribution < 1.29 is 23.8 Å². The van der Waals surface area contributed by atoms with Crippen LogP contribution in [-0.4, -0.2) is 37.2 Å².